The van der Waals surface area contributed by atoms with Crippen LogP contribution in [0.1, 0.15) is 11.7 Å². The lowest BCUT2D eigenvalue weighted by Gasteiger charge is -2.19. The minimum absolute atomic E-state index is 0.0880. The fraction of sp³-hybridized carbons (Fsp3) is 0.111. The van der Waals surface area contributed by atoms with E-state index in [-0.39, 0.29) is 5.75 Å². The first kappa shape index (κ1) is 11.6. The first-order valence-corrected chi connectivity index (χ1v) is 4.40. The molecule has 0 saturated heterocycles. The Morgan fingerprint density at radius 1 is 1.12 bits per heavy atom. The summed E-state index contributed by atoms with van der Waals surface area (Å²) >= 11 is 0. The molecule has 0 heterocycles. The van der Waals surface area contributed by atoms with Gasteiger partial charge in [-0.3, -0.25) is 0 Å². The normalized spacial score (nSPS) is 9.81. The van der Waals surface area contributed by atoms with Gasteiger partial charge in [0, 0.05) is 5.56 Å². The number of carbonyl (C=O) groups is 2. The van der Waals surface area contributed by atoms with Gasteiger partial charge >= 0.3 is 12.1 Å². The van der Waals surface area contributed by atoms with Crippen LogP contribution in [0, 0.1) is 0 Å². The van der Waals surface area contributed by atoms with Gasteiger partial charge in [-0.25, -0.2) is 9.59 Å². The van der Waals surface area contributed by atoms with Crippen molar-refractivity contribution in [3.63, 3.8) is 0 Å². The third-order valence-corrected chi connectivity index (χ3v) is 1.82. The Labute approximate surface area is 91.4 Å². The molecule has 0 aliphatic heterocycles. The maximum atomic E-state index is 10.7. The van der Waals surface area contributed by atoms with E-state index in [1.807, 2.05) is 0 Å². The Bertz CT molecular complexity index is 391. The van der Waals surface area contributed by atoms with Crippen LogP contribution in [0.5, 0.6) is 5.75 Å². The van der Waals surface area contributed by atoms with E-state index >= 15 is 0 Å². The van der Waals surface area contributed by atoms with Gasteiger partial charge in [-0.15, -0.1) is 0 Å². The molecule has 1 aromatic rings. The molecule has 0 atom stereocenters. The highest BCUT2D eigenvalue weighted by Gasteiger charge is 2.17. The van der Waals surface area contributed by atoms with Crippen molar-refractivity contribution in [2.45, 2.75) is 6.17 Å². The lowest BCUT2D eigenvalue weighted by atomic mass is 10.1. The zero-order chi connectivity index (χ0) is 12.1. The van der Waals surface area contributed by atoms with E-state index < -0.39 is 18.2 Å². The molecule has 7 heteroatoms. The molecule has 0 bridgehead atoms. The second-order valence-electron chi connectivity index (χ2n) is 3.01. The average Bonchev–Trinajstić information content (AvgIpc) is 2.15. The van der Waals surface area contributed by atoms with E-state index in [0.717, 1.165) is 0 Å². The zero-order valence-electron chi connectivity index (χ0n) is 8.31. The number of hydrogen-bond donors (Lipinski definition) is 5. The summed E-state index contributed by atoms with van der Waals surface area (Å²) in [5.41, 5.74) is 10.2. The summed E-state index contributed by atoms with van der Waals surface area (Å²) in [7, 11) is 0. The van der Waals surface area contributed by atoms with Crippen molar-refractivity contribution >= 4 is 12.1 Å². The quantitative estimate of drug-likeness (QED) is 0.453. The van der Waals surface area contributed by atoms with Crippen LogP contribution in [0.2, 0.25) is 0 Å². The third-order valence-electron chi connectivity index (χ3n) is 1.82. The number of amides is 4. The number of primary amides is 2. The number of carbonyl (C=O) groups excluding carboxylic acids is 2. The summed E-state index contributed by atoms with van der Waals surface area (Å²) in [6.07, 6.45) is -0.962. The predicted molar refractivity (Wildman–Crippen MR) is 56.3 cm³/mol. The van der Waals surface area contributed by atoms with Gasteiger partial charge in [-0.1, -0.05) is 18.2 Å². The second kappa shape index (κ2) is 4.87. The standard InChI is InChI=1S/C9H12N4O3/c10-8(15)12-7(13-9(11)16)5-3-1-2-4-6(5)14/h1-4,7,14H,(H3,10,12,15)(H3,11,13,16). The number of phenolic OH excluding ortho intramolecular Hbond substituents is 1. The number of nitrogens with two attached hydrogens (primary N) is 2. The van der Waals surface area contributed by atoms with Gasteiger partial charge in [0.2, 0.25) is 0 Å². The number of nitrogens with one attached hydrogen (secondary N) is 2. The monoisotopic (exact) mass is 224 g/mol. The first-order chi connectivity index (χ1) is 7.50. The van der Waals surface area contributed by atoms with Crippen molar-refractivity contribution in [1.29, 1.82) is 0 Å². The molecule has 4 amide bonds. The van der Waals surface area contributed by atoms with Crippen LogP contribution in [0.15, 0.2) is 24.3 Å². The molecule has 1 aromatic carbocycles. The van der Waals surface area contributed by atoms with Crippen molar-refractivity contribution in [3.05, 3.63) is 29.8 Å². The van der Waals surface area contributed by atoms with Crippen molar-refractivity contribution in [1.82, 2.24) is 10.6 Å². The number of urea groups is 2. The van der Waals surface area contributed by atoms with Crippen LogP contribution in [-0.4, -0.2) is 17.2 Å². The summed E-state index contributed by atoms with van der Waals surface area (Å²) in [4.78, 5) is 21.4. The van der Waals surface area contributed by atoms with Gasteiger partial charge in [-0.2, -0.15) is 0 Å². The number of para-hydroxylation sites is 1. The Morgan fingerprint density at radius 3 is 2.06 bits per heavy atom. The minimum atomic E-state index is -0.962. The summed E-state index contributed by atoms with van der Waals surface area (Å²) in [5.74, 6) is -0.0880. The Morgan fingerprint density at radius 2 is 1.62 bits per heavy atom. The molecule has 0 spiro atoms. The number of rotatable bonds is 3. The zero-order valence-corrected chi connectivity index (χ0v) is 8.31. The number of benzene rings is 1. The van der Waals surface area contributed by atoms with Crippen LogP contribution in [0.3, 0.4) is 0 Å². The largest absolute Gasteiger partial charge is 0.508 e. The van der Waals surface area contributed by atoms with Gasteiger partial charge < -0.3 is 27.2 Å². The minimum Gasteiger partial charge on any atom is -0.508 e. The van der Waals surface area contributed by atoms with E-state index in [1.165, 1.54) is 12.1 Å². The Kier molecular flexibility index (Phi) is 3.54. The highest BCUT2D eigenvalue weighted by atomic mass is 16.3. The molecule has 0 aliphatic carbocycles. The fourth-order valence-electron chi connectivity index (χ4n) is 1.21. The highest BCUT2D eigenvalue weighted by molar-refractivity contribution is 5.75. The van der Waals surface area contributed by atoms with E-state index in [4.69, 9.17) is 11.5 Å². The van der Waals surface area contributed by atoms with Crippen LogP contribution in [-0.2, 0) is 0 Å². The molecule has 86 valence electrons. The second-order valence-corrected chi connectivity index (χ2v) is 3.01. The molecule has 1 rings (SSSR count). The fourth-order valence-corrected chi connectivity index (χ4v) is 1.21. The lowest BCUT2D eigenvalue weighted by molar-refractivity contribution is 0.234. The molecule has 7 nitrogen and oxygen atoms in total. The summed E-state index contributed by atoms with van der Waals surface area (Å²) in [5, 5.41) is 14.0. The lowest BCUT2D eigenvalue weighted by Crippen LogP contribution is -2.45. The molecule has 0 radical (unpaired) electrons. The van der Waals surface area contributed by atoms with E-state index in [2.05, 4.69) is 10.6 Å². The summed E-state index contributed by atoms with van der Waals surface area (Å²) in [6.45, 7) is 0. The number of phenols is 1. The van der Waals surface area contributed by atoms with E-state index in [0.29, 0.717) is 5.56 Å². The van der Waals surface area contributed by atoms with E-state index in [1.54, 1.807) is 12.1 Å². The van der Waals surface area contributed by atoms with Crippen molar-refractivity contribution in [2.24, 2.45) is 11.5 Å². The van der Waals surface area contributed by atoms with Crippen LogP contribution < -0.4 is 22.1 Å². The Balaban J connectivity index is 2.96. The maximum Gasteiger partial charge on any atom is 0.314 e. The van der Waals surface area contributed by atoms with Gasteiger partial charge in [0.15, 0.2) is 0 Å². The first-order valence-electron chi connectivity index (χ1n) is 4.40. The van der Waals surface area contributed by atoms with Gasteiger partial charge in [0.05, 0.1) is 0 Å². The van der Waals surface area contributed by atoms with Gasteiger partial charge in [0.25, 0.3) is 0 Å². The molecule has 0 saturated carbocycles. The molecule has 0 fully saturated rings. The third kappa shape index (κ3) is 3.05. The van der Waals surface area contributed by atoms with Gasteiger partial charge in [0.1, 0.15) is 11.9 Å². The number of aromatic hydroxyl groups is 1. The topological polar surface area (TPSA) is 130 Å². The summed E-state index contributed by atoms with van der Waals surface area (Å²) in [6, 6.07) is 4.47. The van der Waals surface area contributed by atoms with Crippen molar-refractivity contribution < 1.29 is 14.7 Å². The molecule has 0 aromatic heterocycles. The molecule has 0 aliphatic rings. The van der Waals surface area contributed by atoms with Gasteiger partial charge in [-0.05, 0) is 6.07 Å². The summed E-state index contributed by atoms with van der Waals surface area (Å²) < 4.78 is 0. The molecular weight excluding hydrogens is 212 g/mol. The number of hydrogen-bond acceptors (Lipinski definition) is 3. The molecule has 0 unspecified atom stereocenters. The van der Waals surface area contributed by atoms with Crippen LogP contribution in [0.4, 0.5) is 9.59 Å². The molecular formula is C9H12N4O3. The molecule has 16 heavy (non-hydrogen) atoms. The van der Waals surface area contributed by atoms with Crippen LogP contribution in [0.25, 0.3) is 0 Å². The molecule has 7 N–H and O–H groups in total. The van der Waals surface area contributed by atoms with Crippen LogP contribution >= 0.6 is 0 Å². The SMILES string of the molecule is NC(=O)NC(NC(N)=O)c1ccccc1O. The maximum absolute atomic E-state index is 10.7. The average molecular weight is 224 g/mol. The van der Waals surface area contributed by atoms with Crippen molar-refractivity contribution in [3.8, 4) is 5.75 Å². The Hall–Kier alpha value is -2.44. The smallest absolute Gasteiger partial charge is 0.314 e. The van der Waals surface area contributed by atoms with E-state index in [9.17, 15) is 14.7 Å². The highest BCUT2D eigenvalue weighted by Crippen LogP contribution is 2.21. The predicted octanol–water partition coefficient (Wildman–Crippen LogP) is -0.273. The van der Waals surface area contributed by atoms with Crippen molar-refractivity contribution in [2.75, 3.05) is 0 Å².